The summed E-state index contributed by atoms with van der Waals surface area (Å²) in [6.07, 6.45) is 2.84. The van der Waals surface area contributed by atoms with Gasteiger partial charge in [0.1, 0.15) is 0 Å². The van der Waals surface area contributed by atoms with Gasteiger partial charge in [-0.1, -0.05) is 25.0 Å². The molecule has 0 heterocycles. The van der Waals surface area contributed by atoms with Crippen molar-refractivity contribution in [1.82, 2.24) is 5.32 Å². The minimum absolute atomic E-state index is 0.00136. The number of carbonyl (C=O) groups excluding carboxylic acids is 1. The number of hydrogen-bond donors (Lipinski definition) is 2. The standard InChI is InChI=1S/C15H18FNO4/c16-11-5-1-2-6-12(11)21-9-13(18)17-10-15(14(19)20)7-3-4-8-15/h1-2,5-6H,3-4,7-10H2,(H,17,18)(H,19,20). The first-order valence-electron chi connectivity index (χ1n) is 6.91. The zero-order chi connectivity index (χ0) is 15.3. The normalized spacial score (nSPS) is 16.4. The lowest BCUT2D eigenvalue weighted by Gasteiger charge is -2.23. The van der Waals surface area contributed by atoms with Crippen LogP contribution in [0.1, 0.15) is 25.7 Å². The maximum atomic E-state index is 13.3. The largest absolute Gasteiger partial charge is 0.481 e. The summed E-state index contributed by atoms with van der Waals surface area (Å²) in [5.74, 6) is -1.87. The zero-order valence-corrected chi connectivity index (χ0v) is 11.6. The molecule has 0 unspecified atom stereocenters. The molecule has 114 valence electrons. The molecule has 1 fully saturated rings. The molecule has 6 heteroatoms. The number of benzene rings is 1. The van der Waals surface area contributed by atoms with Crippen LogP contribution in [0.15, 0.2) is 24.3 Å². The van der Waals surface area contributed by atoms with Crippen molar-refractivity contribution in [3.05, 3.63) is 30.1 Å². The summed E-state index contributed by atoms with van der Waals surface area (Å²) in [7, 11) is 0. The number of nitrogens with one attached hydrogen (secondary N) is 1. The lowest BCUT2D eigenvalue weighted by Crippen LogP contribution is -2.42. The second-order valence-electron chi connectivity index (χ2n) is 5.29. The van der Waals surface area contributed by atoms with Crippen LogP contribution in [0.5, 0.6) is 5.75 Å². The van der Waals surface area contributed by atoms with E-state index in [4.69, 9.17) is 4.74 Å². The third kappa shape index (κ3) is 3.71. The molecule has 0 radical (unpaired) electrons. The Morgan fingerprint density at radius 3 is 2.57 bits per heavy atom. The maximum Gasteiger partial charge on any atom is 0.311 e. The molecular formula is C15H18FNO4. The second-order valence-corrected chi connectivity index (χ2v) is 5.29. The van der Waals surface area contributed by atoms with Crippen molar-refractivity contribution in [3.63, 3.8) is 0 Å². The van der Waals surface area contributed by atoms with E-state index in [0.717, 1.165) is 12.8 Å². The Labute approximate surface area is 122 Å². The van der Waals surface area contributed by atoms with Gasteiger partial charge in [-0.05, 0) is 25.0 Å². The van der Waals surface area contributed by atoms with E-state index in [1.807, 2.05) is 0 Å². The van der Waals surface area contributed by atoms with Crippen LogP contribution in [0.4, 0.5) is 4.39 Å². The highest BCUT2D eigenvalue weighted by Gasteiger charge is 2.41. The molecule has 0 bridgehead atoms. The quantitative estimate of drug-likeness (QED) is 0.841. The predicted molar refractivity (Wildman–Crippen MR) is 73.4 cm³/mol. The number of carboxylic acids is 1. The molecule has 0 spiro atoms. The number of aliphatic carboxylic acids is 1. The molecule has 1 aromatic carbocycles. The van der Waals surface area contributed by atoms with Gasteiger partial charge < -0.3 is 15.2 Å². The van der Waals surface area contributed by atoms with Gasteiger partial charge in [0, 0.05) is 6.54 Å². The van der Waals surface area contributed by atoms with E-state index in [1.165, 1.54) is 18.2 Å². The third-order valence-corrected chi connectivity index (χ3v) is 3.83. The maximum absolute atomic E-state index is 13.3. The minimum atomic E-state index is -0.879. The first kappa shape index (κ1) is 15.3. The third-order valence-electron chi connectivity index (χ3n) is 3.83. The Balaban J connectivity index is 1.82. The molecule has 5 nitrogen and oxygen atoms in total. The van der Waals surface area contributed by atoms with Crippen molar-refractivity contribution in [2.75, 3.05) is 13.2 Å². The lowest BCUT2D eigenvalue weighted by molar-refractivity contribution is -0.148. The van der Waals surface area contributed by atoms with Crippen molar-refractivity contribution in [2.45, 2.75) is 25.7 Å². The van der Waals surface area contributed by atoms with Crippen LogP contribution in [0.25, 0.3) is 0 Å². The van der Waals surface area contributed by atoms with E-state index >= 15 is 0 Å². The molecule has 2 rings (SSSR count). The zero-order valence-electron chi connectivity index (χ0n) is 11.6. The van der Waals surface area contributed by atoms with Gasteiger partial charge in [0.05, 0.1) is 5.41 Å². The van der Waals surface area contributed by atoms with Gasteiger partial charge in [0.25, 0.3) is 5.91 Å². The average molecular weight is 295 g/mol. The number of carboxylic acid groups (broad SMARTS) is 1. The Kier molecular flexibility index (Phi) is 4.77. The van der Waals surface area contributed by atoms with Crippen LogP contribution in [-0.2, 0) is 9.59 Å². The molecule has 1 amide bonds. The van der Waals surface area contributed by atoms with Gasteiger partial charge in [-0.2, -0.15) is 0 Å². The van der Waals surface area contributed by atoms with E-state index in [0.29, 0.717) is 12.8 Å². The summed E-state index contributed by atoms with van der Waals surface area (Å²) >= 11 is 0. The van der Waals surface area contributed by atoms with Gasteiger partial charge in [-0.25, -0.2) is 4.39 Å². The molecule has 1 aliphatic carbocycles. The summed E-state index contributed by atoms with van der Waals surface area (Å²) in [6, 6.07) is 5.80. The Morgan fingerprint density at radius 2 is 1.95 bits per heavy atom. The van der Waals surface area contributed by atoms with Gasteiger partial charge in [-0.15, -0.1) is 0 Å². The van der Waals surface area contributed by atoms with Crippen LogP contribution < -0.4 is 10.1 Å². The molecule has 0 aromatic heterocycles. The summed E-state index contributed by atoms with van der Waals surface area (Å²) in [4.78, 5) is 23.0. The van der Waals surface area contributed by atoms with Crippen molar-refractivity contribution in [2.24, 2.45) is 5.41 Å². The van der Waals surface area contributed by atoms with Crippen molar-refractivity contribution in [1.29, 1.82) is 0 Å². The predicted octanol–water partition coefficient (Wildman–Crippen LogP) is 1.97. The van der Waals surface area contributed by atoms with Crippen LogP contribution in [0, 0.1) is 11.2 Å². The lowest BCUT2D eigenvalue weighted by atomic mass is 9.86. The van der Waals surface area contributed by atoms with Crippen LogP contribution in [0.3, 0.4) is 0 Å². The Morgan fingerprint density at radius 1 is 1.29 bits per heavy atom. The van der Waals surface area contributed by atoms with Crippen LogP contribution in [0.2, 0.25) is 0 Å². The van der Waals surface area contributed by atoms with E-state index < -0.39 is 23.1 Å². The first-order valence-corrected chi connectivity index (χ1v) is 6.91. The molecule has 1 aromatic rings. The van der Waals surface area contributed by atoms with Crippen LogP contribution in [-0.4, -0.2) is 30.1 Å². The van der Waals surface area contributed by atoms with E-state index in [2.05, 4.69) is 5.32 Å². The fraction of sp³-hybridized carbons (Fsp3) is 0.467. The number of hydrogen-bond acceptors (Lipinski definition) is 3. The number of ether oxygens (including phenoxy) is 1. The van der Waals surface area contributed by atoms with Crippen molar-refractivity contribution in [3.8, 4) is 5.75 Å². The number of para-hydroxylation sites is 1. The fourth-order valence-corrected chi connectivity index (χ4v) is 2.54. The minimum Gasteiger partial charge on any atom is -0.481 e. The molecule has 0 saturated heterocycles. The van der Waals surface area contributed by atoms with E-state index in [9.17, 15) is 19.1 Å². The first-order chi connectivity index (χ1) is 10.0. The Bertz CT molecular complexity index is 526. The molecule has 1 aliphatic rings. The Hall–Kier alpha value is -2.11. The summed E-state index contributed by atoms with van der Waals surface area (Å²) in [5, 5.41) is 11.9. The van der Waals surface area contributed by atoms with Gasteiger partial charge in [-0.3, -0.25) is 9.59 Å². The molecule has 1 saturated carbocycles. The average Bonchev–Trinajstić information content (AvgIpc) is 2.94. The molecular weight excluding hydrogens is 277 g/mol. The fourth-order valence-electron chi connectivity index (χ4n) is 2.54. The summed E-state index contributed by atoms with van der Waals surface area (Å²) in [6.45, 7) is -0.252. The molecule has 2 N–H and O–H groups in total. The van der Waals surface area contributed by atoms with Gasteiger partial charge in [0.2, 0.25) is 0 Å². The highest BCUT2D eigenvalue weighted by molar-refractivity contribution is 5.80. The van der Waals surface area contributed by atoms with Gasteiger partial charge in [0.15, 0.2) is 18.2 Å². The number of amides is 1. The highest BCUT2D eigenvalue weighted by atomic mass is 19.1. The monoisotopic (exact) mass is 295 g/mol. The highest BCUT2D eigenvalue weighted by Crippen LogP contribution is 2.37. The summed E-state index contributed by atoms with van der Waals surface area (Å²) in [5.41, 5.74) is -0.867. The number of carbonyl (C=O) groups is 2. The van der Waals surface area contributed by atoms with Gasteiger partial charge >= 0.3 is 5.97 Å². The molecule has 21 heavy (non-hydrogen) atoms. The van der Waals surface area contributed by atoms with E-state index in [1.54, 1.807) is 6.07 Å². The topological polar surface area (TPSA) is 75.6 Å². The number of rotatable bonds is 6. The molecule has 0 atom stereocenters. The summed E-state index contributed by atoms with van der Waals surface area (Å²) < 4.78 is 18.4. The van der Waals surface area contributed by atoms with Crippen LogP contribution >= 0.6 is 0 Å². The van der Waals surface area contributed by atoms with Crippen molar-refractivity contribution >= 4 is 11.9 Å². The second kappa shape index (κ2) is 6.56. The smallest absolute Gasteiger partial charge is 0.311 e. The van der Waals surface area contributed by atoms with E-state index in [-0.39, 0.29) is 18.9 Å². The van der Waals surface area contributed by atoms with Crippen molar-refractivity contribution < 1.29 is 23.8 Å². The SMILES string of the molecule is O=C(COc1ccccc1F)NCC1(C(=O)O)CCCC1. The number of halogens is 1. The molecule has 0 aliphatic heterocycles.